The molecule has 2 fully saturated rings. The van der Waals surface area contributed by atoms with Crippen molar-refractivity contribution in [1.29, 1.82) is 0 Å². The van der Waals surface area contributed by atoms with Gasteiger partial charge < -0.3 is 15.1 Å². The molecule has 2 amide bonds. The summed E-state index contributed by atoms with van der Waals surface area (Å²) in [5, 5.41) is 14.2. The molecule has 2 saturated heterocycles. The van der Waals surface area contributed by atoms with Crippen molar-refractivity contribution in [3.8, 4) is 5.82 Å². The number of nitrogens with one attached hydrogen (secondary N) is 1. The molecule has 0 spiro atoms. The van der Waals surface area contributed by atoms with Crippen LogP contribution in [0.2, 0.25) is 0 Å². The fourth-order valence-corrected chi connectivity index (χ4v) is 5.96. The van der Waals surface area contributed by atoms with Crippen molar-refractivity contribution in [3.05, 3.63) is 70.4 Å². The van der Waals surface area contributed by atoms with Crippen molar-refractivity contribution in [3.63, 3.8) is 0 Å². The number of benzene rings is 1. The highest BCUT2D eigenvalue weighted by atomic mass is 19.4. The maximum atomic E-state index is 13.8. The molecule has 0 saturated carbocycles. The van der Waals surface area contributed by atoms with Crippen LogP contribution in [-0.4, -0.2) is 74.3 Å². The summed E-state index contributed by atoms with van der Waals surface area (Å²) in [6, 6.07) is 7.99. The molecule has 41 heavy (non-hydrogen) atoms. The van der Waals surface area contributed by atoms with E-state index in [1.807, 2.05) is 11.0 Å². The number of hydrogen-bond donors (Lipinski definition) is 1. The predicted molar refractivity (Wildman–Crippen MR) is 141 cm³/mol. The molecular weight excluding hydrogens is 542 g/mol. The van der Waals surface area contributed by atoms with E-state index in [2.05, 4.69) is 25.5 Å². The first kappa shape index (κ1) is 28.7. The van der Waals surface area contributed by atoms with Crippen molar-refractivity contribution in [2.24, 2.45) is 11.8 Å². The van der Waals surface area contributed by atoms with E-state index >= 15 is 0 Å². The Morgan fingerprint density at radius 1 is 1.05 bits per heavy atom. The van der Waals surface area contributed by atoms with E-state index in [0.29, 0.717) is 48.3 Å². The molecule has 9 nitrogen and oxygen atoms in total. The zero-order chi connectivity index (χ0) is 29.5. The molecule has 3 atom stereocenters. The summed E-state index contributed by atoms with van der Waals surface area (Å²) in [7, 11) is 0. The second-order valence-corrected chi connectivity index (χ2v) is 10.8. The van der Waals surface area contributed by atoms with E-state index in [1.165, 1.54) is 29.8 Å². The Bertz CT molecular complexity index is 1430. The lowest BCUT2D eigenvalue weighted by Crippen LogP contribution is -2.35. The molecule has 5 rings (SSSR count). The third-order valence-corrected chi connectivity index (χ3v) is 7.87. The lowest BCUT2D eigenvalue weighted by Gasteiger charge is -2.24. The molecule has 1 aromatic carbocycles. The predicted octanol–water partition coefficient (Wildman–Crippen LogP) is 3.71. The lowest BCUT2D eigenvalue weighted by atomic mass is 10.0. The molecule has 4 heterocycles. The van der Waals surface area contributed by atoms with Gasteiger partial charge in [-0.25, -0.2) is 9.07 Å². The van der Waals surface area contributed by atoms with E-state index in [0.717, 1.165) is 31.3 Å². The number of amides is 2. The number of likely N-dealkylation sites (tertiary alicyclic amines) is 2. The lowest BCUT2D eigenvalue weighted by molar-refractivity contribution is -0.141. The first-order chi connectivity index (χ1) is 19.4. The Kier molecular flexibility index (Phi) is 7.82. The van der Waals surface area contributed by atoms with Gasteiger partial charge in [-0.3, -0.25) is 9.59 Å². The van der Waals surface area contributed by atoms with Crippen LogP contribution in [0, 0.1) is 31.5 Å². The van der Waals surface area contributed by atoms with Crippen LogP contribution < -0.4 is 5.32 Å². The Balaban J connectivity index is 1.21. The molecule has 0 bridgehead atoms. The smallest absolute Gasteiger partial charge is 0.349 e. The van der Waals surface area contributed by atoms with E-state index < -0.39 is 11.9 Å². The number of aryl methyl sites for hydroxylation is 1. The van der Waals surface area contributed by atoms with Crippen molar-refractivity contribution < 1.29 is 27.2 Å². The van der Waals surface area contributed by atoms with E-state index in [1.54, 1.807) is 19.9 Å². The summed E-state index contributed by atoms with van der Waals surface area (Å²) in [6.45, 7) is 8.34. The van der Waals surface area contributed by atoms with Gasteiger partial charge in [-0.15, -0.1) is 10.2 Å². The minimum absolute atomic E-state index is 0.0994. The molecule has 0 radical (unpaired) electrons. The monoisotopic (exact) mass is 573 g/mol. The number of fused-ring (bicyclic) bond motifs is 1. The van der Waals surface area contributed by atoms with E-state index in [9.17, 15) is 27.2 Å². The number of aromatic nitrogens is 4. The van der Waals surface area contributed by atoms with Crippen LogP contribution in [0.5, 0.6) is 0 Å². The first-order valence-corrected chi connectivity index (χ1v) is 13.4. The van der Waals surface area contributed by atoms with Gasteiger partial charge >= 0.3 is 6.18 Å². The standard InChI is InChI=1S/C28H31F4N7O2/c1-16-26(17(2)39(36-16)25-8-7-24(34-35-25)28(30,31)32)27(41)38-14-20-12-37(13-21(20)15-38)10-9-23(33-18(3)40)19-5-4-6-22(29)11-19/h4-8,11,20-21,23H,9-10,12-15H2,1-3H3,(H,33,40)/t20?,21?,23-/m0/s1. The van der Waals surface area contributed by atoms with Crippen LogP contribution in [0.15, 0.2) is 36.4 Å². The Labute approximate surface area is 234 Å². The quantitative estimate of drug-likeness (QED) is 0.433. The minimum Gasteiger partial charge on any atom is -0.349 e. The summed E-state index contributed by atoms with van der Waals surface area (Å²) in [4.78, 5) is 29.4. The Hall–Kier alpha value is -3.87. The van der Waals surface area contributed by atoms with Crippen LogP contribution in [0.3, 0.4) is 0 Å². The van der Waals surface area contributed by atoms with Gasteiger partial charge in [0.15, 0.2) is 11.5 Å². The summed E-state index contributed by atoms with van der Waals surface area (Å²) < 4.78 is 53.7. The van der Waals surface area contributed by atoms with Gasteiger partial charge in [-0.1, -0.05) is 12.1 Å². The van der Waals surface area contributed by atoms with Crippen molar-refractivity contribution in [1.82, 2.24) is 35.1 Å². The van der Waals surface area contributed by atoms with Gasteiger partial charge in [0.25, 0.3) is 5.91 Å². The van der Waals surface area contributed by atoms with Gasteiger partial charge in [0.1, 0.15) is 5.82 Å². The van der Waals surface area contributed by atoms with Crippen molar-refractivity contribution in [2.45, 2.75) is 39.4 Å². The van der Waals surface area contributed by atoms with E-state index in [4.69, 9.17) is 0 Å². The fourth-order valence-electron chi connectivity index (χ4n) is 5.96. The van der Waals surface area contributed by atoms with E-state index in [-0.39, 0.29) is 29.5 Å². The third kappa shape index (κ3) is 6.09. The van der Waals surface area contributed by atoms with Gasteiger partial charge in [0.2, 0.25) is 5.91 Å². The topological polar surface area (TPSA) is 96.2 Å². The Morgan fingerprint density at radius 3 is 2.34 bits per heavy atom. The summed E-state index contributed by atoms with van der Waals surface area (Å²) in [6.07, 6.45) is -3.96. The average Bonchev–Trinajstić information content (AvgIpc) is 3.57. The third-order valence-electron chi connectivity index (χ3n) is 7.87. The average molecular weight is 574 g/mol. The number of halogens is 4. The van der Waals surface area contributed by atoms with Crippen molar-refractivity contribution in [2.75, 3.05) is 32.7 Å². The summed E-state index contributed by atoms with van der Waals surface area (Å²) in [5.41, 5.74) is 0.994. The number of carbonyl (C=O) groups excluding carboxylic acids is 2. The molecule has 13 heteroatoms. The van der Waals surface area contributed by atoms with Gasteiger partial charge in [-0.2, -0.15) is 18.3 Å². The van der Waals surface area contributed by atoms with Crippen molar-refractivity contribution >= 4 is 11.8 Å². The van der Waals surface area contributed by atoms with Gasteiger partial charge in [-0.05, 0) is 61.9 Å². The van der Waals surface area contributed by atoms with Crippen LogP contribution in [0.25, 0.3) is 5.82 Å². The molecular formula is C28H31F4N7O2. The van der Waals surface area contributed by atoms with Crippen LogP contribution in [-0.2, 0) is 11.0 Å². The normalized spacial score (nSPS) is 19.8. The highest BCUT2D eigenvalue weighted by Crippen LogP contribution is 2.34. The summed E-state index contributed by atoms with van der Waals surface area (Å²) in [5.74, 6) is 0.00596. The first-order valence-electron chi connectivity index (χ1n) is 13.4. The van der Waals surface area contributed by atoms with Crippen LogP contribution >= 0.6 is 0 Å². The molecule has 0 aliphatic carbocycles. The zero-order valence-corrected chi connectivity index (χ0v) is 23.0. The maximum absolute atomic E-state index is 13.8. The zero-order valence-electron chi connectivity index (χ0n) is 23.0. The molecule has 2 aliphatic rings. The second kappa shape index (κ2) is 11.2. The maximum Gasteiger partial charge on any atom is 0.435 e. The Morgan fingerprint density at radius 2 is 1.76 bits per heavy atom. The fraction of sp³-hybridized carbons (Fsp3) is 0.464. The number of carbonyl (C=O) groups is 2. The SMILES string of the molecule is CC(=O)N[C@@H](CCN1CC2CN(C(=O)c3c(C)nn(-c4ccc(C(F)(F)F)nn4)c3C)CC2C1)c1cccc(F)c1. The van der Waals surface area contributed by atoms with Gasteiger partial charge in [0.05, 0.1) is 23.0 Å². The number of hydrogen-bond acceptors (Lipinski definition) is 6. The highest BCUT2D eigenvalue weighted by Gasteiger charge is 2.42. The largest absolute Gasteiger partial charge is 0.435 e. The molecule has 2 aromatic heterocycles. The molecule has 1 N–H and O–H groups in total. The number of alkyl halides is 3. The number of rotatable bonds is 7. The van der Waals surface area contributed by atoms with Gasteiger partial charge in [0, 0.05) is 39.6 Å². The molecule has 2 unspecified atom stereocenters. The van der Waals surface area contributed by atoms with Crippen LogP contribution in [0.4, 0.5) is 17.6 Å². The number of nitrogens with zero attached hydrogens (tertiary/aromatic N) is 6. The molecule has 218 valence electrons. The molecule has 2 aliphatic heterocycles. The summed E-state index contributed by atoms with van der Waals surface area (Å²) >= 11 is 0. The second-order valence-electron chi connectivity index (χ2n) is 10.8. The van der Waals surface area contributed by atoms with Crippen LogP contribution in [0.1, 0.15) is 52.4 Å². The molecule has 3 aromatic rings. The minimum atomic E-state index is -4.60. The highest BCUT2D eigenvalue weighted by molar-refractivity contribution is 5.96.